The van der Waals surface area contributed by atoms with Crippen LogP contribution < -0.4 is 0 Å². The van der Waals surface area contributed by atoms with Crippen LogP contribution in [0.3, 0.4) is 0 Å². The molecule has 2 atom stereocenters. The third-order valence-electron chi connectivity index (χ3n) is 4.48. The van der Waals surface area contributed by atoms with Gasteiger partial charge < -0.3 is 9.84 Å². The Hall–Kier alpha value is -0.0800. The zero-order chi connectivity index (χ0) is 12.5. The Balaban J connectivity index is 1.84. The minimum Gasteiger partial charge on any atom is -0.393 e. The molecular formula is C15H28O2. The van der Waals surface area contributed by atoms with Crippen molar-refractivity contribution in [2.24, 2.45) is 5.41 Å². The zero-order valence-electron chi connectivity index (χ0n) is 11.7. The van der Waals surface area contributed by atoms with Crippen LogP contribution in [0.5, 0.6) is 0 Å². The summed E-state index contributed by atoms with van der Waals surface area (Å²) in [6, 6.07) is 0. The monoisotopic (exact) mass is 240 g/mol. The Morgan fingerprint density at radius 3 is 2.53 bits per heavy atom. The van der Waals surface area contributed by atoms with Crippen LogP contribution in [0.1, 0.15) is 72.1 Å². The molecule has 0 aromatic rings. The number of aliphatic hydroxyl groups is 1. The van der Waals surface area contributed by atoms with Crippen molar-refractivity contribution < 1.29 is 9.84 Å². The fourth-order valence-electron chi connectivity index (χ4n) is 3.93. The van der Waals surface area contributed by atoms with Gasteiger partial charge in [-0.3, -0.25) is 0 Å². The number of rotatable bonds is 4. The topological polar surface area (TPSA) is 29.5 Å². The molecule has 0 aromatic heterocycles. The summed E-state index contributed by atoms with van der Waals surface area (Å²) in [6.07, 6.45) is 9.95. The van der Waals surface area contributed by atoms with Gasteiger partial charge in [-0.1, -0.05) is 26.7 Å². The minimum atomic E-state index is -0.202. The second-order valence-corrected chi connectivity index (χ2v) is 7.09. The molecule has 0 radical (unpaired) electrons. The quantitative estimate of drug-likeness (QED) is 0.812. The number of hydrogen-bond donors (Lipinski definition) is 1. The van der Waals surface area contributed by atoms with Gasteiger partial charge in [-0.2, -0.15) is 0 Å². The molecule has 1 saturated carbocycles. The maximum atomic E-state index is 9.53. The van der Waals surface area contributed by atoms with E-state index in [4.69, 9.17) is 4.74 Å². The second-order valence-electron chi connectivity index (χ2n) is 7.09. The Labute approximate surface area is 106 Å². The SMILES string of the molecule is CC(O)CC(C)(C)CC1CCC2(CCCC2)O1. The first-order valence-corrected chi connectivity index (χ1v) is 7.27. The van der Waals surface area contributed by atoms with E-state index in [1.54, 1.807) is 0 Å². The van der Waals surface area contributed by atoms with Gasteiger partial charge in [-0.25, -0.2) is 0 Å². The van der Waals surface area contributed by atoms with E-state index < -0.39 is 0 Å². The van der Waals surface area contributed by atoms with E-state index >= 15 is 0 Å². The maximum Gasteiger partial charge on any atom is 0.0687 e. The van der Waals surface area contributed by atoms with Crippen LogP contribution in [0.15, 0.2) is 0 Å². The first-order chi connectivity index (χ1) is 7.91. The Morgan fingerprint density at radius 2 is 1.94 bits per heavy atom. The van der Waals surface area contributed by atoms with Crippen LogP contribution >= 0.6 is 0 Å². The molecule has 0 aromatic carbocycles. The summed E-state index contributed by atoms with van der Waals surface area (Å²) in [4.78, 5) is 0. The third-order valence-corrected chi connectivity index (χ3v) is 4.48. The summed E-state index contributed by atoms with van der Waals surface area (Å²) in [5.74, 6) is 0. The van der Waals surface area contributed by atoms with Crippen molar-refractivity contribution in [3.8, 4) is 0 Å². The fraction of sp³-hybridized carbons (Fsp3) is 1.00. The number of hydrogen-bond acceptors (Lipinski definition) is 2. The van der Waals surface area contributed by atoms with E-state index in [1.807, 2.05) is 6.92 Å². The molecule has 2 heteroatoms. The molecule has 100 valence electrons. The average Bonchev–Trinajstić information content (AvgIpc) is 2.75. The van der Waals surface area contributed by atoms with Crippen molar-refractivity contribution in [3.63, 3.8) is 0 Å². The van der Waals surface area contributed by atoms with Crippen molar-refractivity contribution in [2.75, 3.05) is 0 Å². The lowest BCUT2D eigenvalue weighted by molar-refractivity contribution is -0.0537. The van der Waals surface area contributed by atoms with E-state index in [-0.39, 0.29) is 17.1 Å². The van der Waals surface area contributed by atoms with Crippen LogP contribution in [0.4, 0.5) is 0 Å². The molecule has 2 rings (SSSR count). The summed E-state index contributed by atoms with van der Waals surface area (Å²) in [7, 11) is 0. The van der Waals surface area contributed by atoms with Crippen LogP contribution in [0.25, 0.3) is 0 Å². The van der Waals surface area contributed by atoms with Gasteiger partial charge in [0.25, 0.3) is 0 Å². The first-order valence-electron chi connectivity index (χ1n) is 7.27. The molecule has 1 aliphatic heterocycles. The molecule has 1 spiro atoms. The lowest BCUT2D eigenvalue weighted by atomic mass is 9.81. The Bertz CT molecular complexity index is 252. The van der Waals surface area contributed by atoms with Gasteiger partial charge in [0.05, 0.1) is 17.8 Å². The van der Waals surface area contributed by atoms with Crippen LogP contribution in [-0.4, -0.2) is 22.9 Å². The largest absolute Gasteiger partial charge is 0.393 e. The van der Waals surface area contributed by atoms with E-state index in [0.29, 0.717) is 6.10 Å². The number of ether oxygens (including phenoxy) is 1. The van der Waals surface area contributed by atoms with Crippen molar-refractivity contribution in [1.82, 2.24) is 0 Å². The lowest BCUT2D eigenvalue weighted by Gasteiger charge is -2.31. The highest BCUT2D eigenvalue weighted by molar-refractivity contribution is 4.94. The van der Waals surface area contributed by atoms with Crippen molar-refractivity contribution in [1.29, 1.82) is 0 Å². The summed E-state index contributed by atoms with van der Waals surface area (Å²) in [5, 5.41) is 9.53. The minimum absolute atomic E-state index is 0.197. The highest BCUT2D eigenvalue weighted by atomic mass is 16.5. The van der Waals surface area contributed by atoms with Crippen molar-refractivity contribution in [2.45, 2.75) is 89.9 Å². The number of aliphatic hydroxyl groups excluding tert-OH is 1. The van der Waals surface area contributed by atoms with Crippen molar-refractivity contribution in [3.05, 3.63) is 0 Å². The summed E-state index contributed by atoms with van der Waals surface area (Å²) >= 11 is 0. The van der Waals surface area contributed by atoms with Gasteiger partial charge >= 0.3 is 0 Å². The molecule has 2 aliphatic rings. The molecule has 0 bridgehead atoms. The van der Waals surface area contributed by atoms with Crippen LogP contribution in [0.2, 0.25) is 0 Å². The van der Waals surface area contributed by atoms with Gasteiger partial charge in [0.1, 0.15) is 0 Å². The van der Waals surface area contributed by atoms with E-state index in [1.165, 1.54) is 38.5 Å². The highest BCUT2D eigenvalue weighted by Gasteiger charge is 2.43. The maximum absolute atomic E-state index is 9.53. The predicted octanol–water partition coefficient (Wildman–Crippen LogP) is 3.67. The Morgan fingerprint density at radius 1 is 1.29 bits per heavy atom. The zero-order valence-corrected chi connectivity index (χ0v) is 11.7. The molecule has 2 fully saturated rings. The van der Waals surface area contributed by atoms with Crippen molar-refractivity contribution >= 4 is 0 Å². The van der Waals surface area contributed by atoms with Gasteiger partial charge in [0, 0.05) is 0 Å². The normalized spacial score (nSPS) is 30.0. The average molecular weight is 240 g/mol. The van der Waals surface area contributed by atoms with Gasteiger partial charge in [0.15, 0.2) is 0 Å². The lowest BCUT2D eigenvalue weighted by Crippen LogP contribution is -2.28. The molecule has 1 aliphatic carbocycles. The molecule has 1 heterocycles. The second kappa shape index (κ2) is 4.89. The molecule has 0 amide bonds. The molecular weight excluding hydrogens is 212 g/mol. The standard InChI is InChI=1S/C15H28O2/c1-12(16)10-14(2,3)11-13-6-9-15(17-13)7-4-5-8-15/h12-13,16H,4-11H2,1-3H3. The smallest absolute Gasteiger partial charge is 0.0687 e. The summed E-state index contributed by atoms with van der Waals surface area (Å²) in [6.45, 7) is 6.39. The summed E-state index contributed by atoms with van der Waals surface area (Å²) in [5.41, 5.74) is 0.453. The molecule has 1 saturated heterocycles. The third kappa shape index (κ3) is 3.45. The van der Waals surface area contributed by atoms with Crippen LogP contribution in [-0.2, 0) is 4.74 Å². The fourth-order valence-corrected chi connectivity index (χ4v) is 3.93. The van der Waals surface area contributed by atoms with E-state index in [2.05, 4.69) is 13.8 Å². The van der Waals surface area contributed by atoms with E-state index in [9.17, 15) is 5.11 Å². The molecule has 1 N–H and O–H groups in total. The molecule has 17 heavy (non-hydrogen) atoms. The van der Waals surface area contributed by atoms with E-state index in [0.717, 1.165) is 12.8 Å². The van der Waals surface area contributed by atoms with Gasteiger partial charge in [0.2, 0.25) is 0 Å². The highest BCUT2D eigenvalue weighted by Crippen LogP contribution is 2.46. The van der Waals surface area contributed by atoms with Gasteiger partial charge in [-0.15, -0.1) is 0 Å². The Kier molecular flexibility index (Phi) is 3.84. The van der Waals surface area contributed by atoms with Crippen LogP contribution in [0, 0.1) is 5.41 Å². The first kappa shape index (κ1) is 13.4. The predicted molar refractivity (Wildman–Crippen MR) is 70.0 cm³/mol. The van der Waals surface area contributed by atoms with Gasteiger partial charge in [-0.05, 0) is 50.9 Å². The summed E-state index contributed by atoms with van der Waals surface area (Å²) < 4.78 is 6.35. The molecule has 2 nitrogen and oxygen atoms in total. The molecule has 2 unspecified atom stereocenters.